The second-order valence-electron chi connectivity index (χ2n) is 5.55. The summed E-state index contributed by atoms with van der Waals surface area (Å²) in [5.74, 6) is -0.142. The van der Waals surface area contributed by atoms with Gasteiger partial charge in [0.1, 0.15) is 0 Å². The number of H-pyrrole nitrogens is 2. The normalized spacial score (nSPS) is 21.2. The molecule has 1 saturated heterocycles. The predicted molar refractivity (Wildman–Crippen MR) is 85.5 cm³/mol. The molecule has 1 fully saturated rings. The summed E-state index contributed by atoms with van der Waals surface area (Å²) in [5, 5.41) is 0. The van der Waals surface area contributed by atoms with Gasteiger partial charge in [0.25, 0.3) is 0 Å². The van der Waals surface area contributed by atoms with Crippen LogP contribution in [0.2, 0.25) is 0 Å². The van der Waals surface area contributed by atoms with Crippen LogP contribution in [0.3, 0.4) is 0 Å². The highest BCUT2D eigenvalue weighted by molar-refractivity contribution is 7.92. The third-order valence-corrected chi connectivity index (χ3v) is 7.80. The Bertz CT molecular complexity index is 1000. The van der Waals surface area contributed by atoms with Gasteiger partial charge in [0.05, 0.1) is 27.4 Å². The zero-order valence-corrected chi connectivity index (χ0v) is 14.1. The second kappa shape index (κ2) is 5.46. The molecular weight excluding hydrogens is 342 g/mol. The van der Waals surface area contributed by atoms with Crippen molar-refractivity contribution in [2.75, 3.05) is 18.1 Å². The van der Waals surface area contributed by atoms with Crippen LogP contribution in [0, 0.1) is 0 Å². The van der Waals surface area contributed by atoms with E-state index >= 15 is 0 Å². The van der Waals surface area contributed by atoms with Gasteiger partial charge in [-0.05, 0) is 24.6 Å². The van der Waals surface area contributed by atoms with E-state index in [4.69, 9.17) is 0 Å². The van der Waals surface area contributed by atoms with Crippen molar-refractivity contribution in [2.24, 2.45) is 0 Å². The van der Waals surface area contributed by atoms with Crippen molar-refractivity contribution >= 4 is 30.9 Å². The van der Waals surface area contributed by atoms with Gasteiger partial charge in [0.15, 0.2) is 9.84 Å². The fraction of sp³-hybridized carbons (Fsp3) is 0.462. The van der Waals surface area contributed by atoms with Gasteiger partial charge in [-0.25, -0.2) is 21.6 Å². The Morgan fingerprint density at radius 1 is 1.26 bits per heavy atom. The maximum Gasteiger partial charge on any atom is 0.323 e. The van der Waals surface area contributed by atoms with E-state index in [-0.39, 0.29) is 22.9 Å². The van der Waals surface area contributed by atoms with E-state index in [1.54, 1.807) is 6.92 Å². The van der Waals surface area contributed by atoms with E-state index < -0.39 is 31.6 Å². The smallest absolute Gasteiger partial charge is 0.306 e. The molecule has 0 amide bonds. The lowest BCUT2D eigenvalue weighted by Gasteiger charge is -2.25. The van der Waals surface area contributed by atoms with Crippen molar-refractivity contribution in [3.05, 3.63) is 28.7 Å². The molecule has 2 N–H and O–H groups in total. The first-order chi connectivity index (χ1) is 10.7. The highest BCUT2D eigenvalue weighted by Crippen LogP contribution is 2.25. The third kappa shape index (κ3) is 2.93. The molecule has 1 atom stereocenters. The average Bonchev–Trinajstić information content (AvgIpc) is 2.99. The zero-order valence-electron chi connectivity index (χ0n) is 12.4. The Hall–Kier alpha value is -1.65. The molecular formula is C13H17N3O5S2. The lowest BCUT2D eigenvalue weighted by atomic mass is 10.3. The average molecular weight is 359 g/mol. The van der Waals surface area contributed by atoms with E-state index in [1.807, 2.05) is 0 Å². The van der Waals surface area contributed by atoms with Crippen molar-refractivity contribution in [1.29, 1.82) is 0 Å². The molecule has 0 spiro atoms. The summed E-state index contributed by atoms with van der Waals surface area (Å²) >= 11 is 0. The first-order valence-electron chi connectivity index (χ1n) is 7.17. The molecule has 0 saturated carbocycles. The fourth-order valence-electron chi connectivity index (χ4n) is 2.93. The van der Waals surface area contributed by atoms with Crippen LogP contribution in [0.15, 0.2) is 27.9 Å². The summed E-state index contributed by atoms with van der Waals surface area (Å²) < 4.78 is 50.2. The largest absolute Gasteiger partial charge is 0.323 e. The molecule has 2 aromatic rings. The summed E-state index contributed by atoms with van der Waals surface area (Å²) in [6, 6.07) is 3.76. The molecule has 0 aliphatic carbocycles. The van der Waals surface area contributed by atoms with Gasteiger partial charge in [-0.15, -0.1) is 0 Å². The molecule has 3 rings (SSSR count). The Labute approximate surface area is 133 Å². The standard InChI is InChI=1S/C13H17N3O5S2/c1-2-16(9-5-6-22(18,19)8-9)23(20,21)10-3-4-11-12(7-10)15-13(17)14-11/h3-4,7,9H,2,5-6,8H2,1H3,(H2,14,15,17). The lowest BCUT2D eigenvalue weighted by molar-refractivity contribution is 0.354. The number of rotatable bonds is 4. The quantitative estimate of drug-likeness (QED) is 0.799. The number of sulfonamides is 1. The maximum atomic E-state index is 12.8. The molecule has 1 aliphatic rings. The zero-order chi connectivity index (χ0) is 16.8. The molecule has 0 bridgehead atoms. The first-order valence-corrected chi connectivity index (χ1v) is 10.4. The van der Waals surface area contributed by atoms with Crippen molar-refractivity contribution in [3.8, 4) is 0 Å². The van der Waals surface area contributed by atoms with Gasteiger partial charge < -0.3 is 9.97 Å². The number of nitrogens with zero attached hydrogens (tertiary/aromatic N) is 1. The van der Waals surface area contributed by atoms with Crippen LogP contribution >= 0.6 is 0 Å². The number of aromatic amines is 2. The van der Waals surface area contributed by atoms with Crippen LogP contribution in [0.5, 0.6) is 0 Å². The van der Waals surface area contributed by atoms with Gasteiger partial charge in [-0.2, -0.15) is 4.31 Å². The van der Waals surface area contributed by atoms with E-state index in [2.05, 4.69) is 9.97 Å². The number of benzene rings is 1. The van der Waals surface area contributed by atoms with Crippen LogP contribution in [0.1, 0.15) is 13.3 Å². The number of fused-ring (bicyclic) bond motifs is 1. The Morgan fingerprint density at radius 2 is 1.96 bits per heavy atom. The molecule has 2 heterocycles. The number of hydrogen-bond acceptors (Lipinski definition) is 5. The van der Waals surface area contributed by atoms with Crippen molar-refractivity contribution in [2.45, 2.75) is 24.3 Å². The Balaban J connectivity index is 2.02. The molecule has 23 heavy (non-hydrogen) atoms. The molecule has 126 valence electrons. The van der Waals surface area contributed by atoms with Gasteiger partial charge in [0.2, 0.25) is 10.0 Å². The minimum absolute atomic E-state index is 0.00779. The summed E-state index contributed by atoms with van der Waals surface area (Å²) in [4.78, 5) is 16.4. The maximum absolute atomic E-state index is 12.8. The summed E-state index contributed by atoms with van der Waals surface area (Å²) in [5.41, 5.74) is 0.496. The topological polar surface area (TPSA) is 120 Å². The van der Waals surface area contributed by atoms with E-state index in [0.717, 1.165) is 0 Å². The van der Waals surface area contributed by atoms with Crippen molar-refractivity contribution in [3.63, 3.8) is 0 Å². The number of imidazole rings is 1. The van der Waals surface area contributed by atoms with Crippen LogP contribution in [0.25, 0.3) is 11.0 Å². The molecule has 8 nitrogen and oxygen atoms in total. The Kier molecular flexibility index (Phi) is 3.85. The molecule has 0 radical (unpaired) electrons. The SMILES string of the molecule is CCN(C1CCS(=O)(=O)C1)S(=O)(=O)c1ccc2[nH]c(=O)[nH]c2c1. The van der Waals surface area contributed by atoms with E-state index in [9.17, 15) is 21.6 Å². The fourth-order valence-corrected chi connectivity index (χ4v) is 6.45. The molecule has 1 unspecified atom stereocenters. The predicted octanol–water partition coefficient (Wildman–Crippen LogP) is 0.0539. The minimum atomic E-state index is -3.83. The number of hydrogen-bond donors (Lipinski definition) is 2. The summed E-state index contributed by atoms with van der Waals surface area (Å²) in [6.45, 7) is 1.86. The summed E-state index contributed by atoms with van der Waals surface area (Å²) in [7, 11) is -7.02. The number of sulfone groups is 1. The second-order valence-corrected chi connectivity index (χ2v) is 9.67. The lowest BCUT2D eigenvalue weighted by Crippen LogP contribution is -2.40. The highest BCUT2D eigenvalue weighted by atomic mass is 32.2. The van der Waals surface area contributed by atoms with E-state index in [1.165, 1.54) is 22.5 Å². The van der Waals surface area contributed by atoms with Crippen LogP contribution in [-0.2, 0) is 19.9 Å². The molecule has 10 heteroatoms. The Morgan fingerprint density at radius 3 is 2.57 bits per heavy atom. The monoisotopic (exact) mass is 359 g/mol. The van der Waals surface area contributed by atoms with Crippen molar-refractivity contribution < 1.29 is 16.8 Å². The van der Waals surface area contributed by atoms with Gasteiger partial charge >= 0.3 is 5.69 Å². The summed E-state index contributed by atoms with van der Waals surface area (Å²) in [6.07, 6.45) is 0.304. The molecule has 1 aromatic carbocycles. The number of nitrogens with one attached hydrogen (secondary N) is 2. The van der Waals surface area contributed by atoms with Crippen LogP contribution < -0.4 is 5.69 Å². The van der Waals surface area contributed by atoms with Gasteiger partial charge in [-0.3, -0.25) is 0 Å². The molecule has 1 aliphatic heterocycles. The van der Waals surface area contributed by atoms with Gasteiger partial charge in [-0.1, -0.05) is 6.92 Å². The van der Waals surface area contributed by atoms with E-state index in [0.29, 0.717) is 17.5 Å². The third-order valence-electron chi connectivity index (χ3n) is 4.02. The molecule has 1 aromatic heterocycles. The van der Waals surface area contributed by atoms with Crippen LogP contribution in [-0.4, -0.2) is 55.2 Å². The first kappa shape index (κ1) is 16.2. The minimum Gasteiger partial charge on any atom is -0.306 e. The van der Waals surface area contributed by atoms with Crippen molar-refractivity contribution in [1.82, 2.24) is 14.3 Å². The van der Waals surface area contributed by atoms with Gasteiger partial charge in [0, 0.05) is 12.6 Å². The van der Waals surface area contributed by atoms with Crippen LogP contribution in [0.4, 0.5) is 0 Å². The highest BCUT2D eigenvalue weighted by Gasteiger charge is 2.37. The number of aromatic nitrogens is 2.